The van der Waals surface area contributed by atoms with Gasteiger partial charge in [0.15, 0.2) is 0 Å². The topological polar surface area (TPSA) is 75.7 Å². The minimum Gasteiger partial charge on any atom is -0.489 e. The van der Waals surface area contributed by atoms with Crippen LogP contribution in [-0.2, 0) is 16.2 Å². The number of hydrogen-bond donors (Lipinski definition) is 1. The Balaban J connectivity index is 1.50. The van der Waals surface area contributed by atoms with E-state index in [1.165, 1.54) is 18.2 Å². The lowest BCUT2D eigenvalue weighted by molar-refractivity contribution is -0.122. The average Bonchev–Trinajstić information content (AvgIpc) is 2.78. The lowest BCUT2D eigenvalue weighted by Gasteiger charge is -2.26. The molecule has 3 aromatic rings. The molecule has 1 fully saturated rings. The largest absolute Gasteiger partial charge is 0.489 e. The van der Waals surface area contributed by atoms with Gasteiger partial charge in [-0.05, 0) is 60.5 Å². The number of ether oxygens (including phenoxy) is 1. The maximum absolute atomic E-state index is 13.0. The number of hydrogen-bond acceptors (Lipinski definition) is 4. The van der Waals surface area contributed by atoms with Crippen LogP contribution in [0, 0.1) is 12.7 Å². The first-order valence-corrected chi connectivity index (χ1v) is 9.86. The molecule has 0 aliphatic carbocycles. The first-order valence-electron chi connectivity index (χ1n) is 9.86. The van der Waals surface area contributed by atoms with E-state index in [9.17, 15) is 18.8 Å². The molecule has 1 aliphatic heterocycles. The Morgan fingerprint density at radius 1 is 0.906 bits per heavy atom. The molecule has 0 radical (unpaired) electrons. The van der Waals surface area contributed by atoms with Crippen LogP contribution < -0.4 is 15.0 Å². The number of urea groups is 1. The number of imide groups is 2. The summed E-state index contributed by atoms with van der Waals surface area (Å²) < 4.78 is 18.7. The predicted octanol–water partition coefficient (Wildman–Crippen LogP) is 4.38. The van der Waals surface area contributed by atoms with Crippen LogP contribution in [-0.4, -0.2) is 17.8 Å². The van der Waals surface area contributed by atoms with Gasteiger partial charge in [0.1, 0.15) is 23.7 Å². The monoisotopic (exact) mass is 430 g/mol. The molecule has 6 nitrogen and oxygen atoms in total. The van der Waals surface area contributed by atoms with E-state index in [0.717, 1.165) is 16.0 Å². The van der Waals surface area contributed by atoms with Gasteiger partial charge in [-0.15, -0.1) is 0 Å². The Hall–Kier alpha value is -4.26. The van der Waals surface area contributed by atoms with E-state index in [4.69, 9.17) is 4.74 Å². The maximum atomic E-state index is 13.0. The van der Waals surface area contributed by atoms with Gasteiger partial charge in [-0.25, -0.2) is 14.1 Å². The summed E-state index contributed by atoms with van der Waals surface area (Å²) in [5.74, 6) is -1.18. The number of carbonyl (C=O) groups is 3. The minimum atomic E-state index is -0.787. The molecule has 7 heteroatoms. The van der Waals surface area contributed by atoms with Gasteiger partial charge in [0, 0.05) is 0 Å². The molecule has 0 bridgehead atoms. The fourth-order valence-corrected chi connectivity index (χ4v) is 3.16. The van der Waals surface area contributed by atoms with Crippen LogP contribution in [0.4, 0.5) is 14.9 Å². The van der Waals surface area contributed by atoms with Crippen molar-refractivity contribution in [1.29, 1.82) is 0 Å². The van der Waals surface area contributed by atoms with Gasteiger partial charge in [-0.1, -0.05) is 42.0 Å². The van der Waals surface area contributed by atoms with Crippen molar-refractivity contribution in [2.45, 2.75) is 13.5 Å². The second kappa shape index (κ2) is 8.85. The van der Waals surface area contributed by atoms with E-state index < -0.39 is 17.8 Å². The number of halogens is 1. The van der Waals surface area contributed by atoms with E-state index in [2.05, 4.69) is 5.32 Å². The number of carbonyl (C=O) groups excluding carboxylic acids is 3. The fraction of sp³-hybridized carbons (Fsp3) is 0.0800. The van der Waals surface area contributed by atoms with Crippen molar-refractivity contribution in [1.82, 2.24) is 5.32 Å². The average molecular weight is 430 g/mol. The van der Waals surface area contributed by atoms with Crippen molar-refractivity contribution in [3.8, 4) is 5.75 Å². The summed E-state index contributed by atoms with van der Waals surface area (Å²) in [6.45, 7) is 2.17. The third-order valence-electron chi connectivity index (χ3n) is 4.90. The Bertz CT molecular complexity index is 1200. The van der Waals surface area contributed by atoms with E-state index in [-0.39, 0.29) is 18.0 Å². The Kier molecular flexibility index (Phi) is 5.81. The molecule has 0 unspecified atom stereocenters. The number of nitrogens with zero attached hydrogens (tertiary/aromatic N) is 1. The summed E-state index contributed by atoms with van der Waals surface area (Å²) in [7, 11) is 0. The zero-order chi connectivity index (χ0) is 22.7. The first-order chi connectivity index (χ1) is 15.4. The van der Waals surface area contributed by atoms with Crippen LogP contribution in [0.15, 0.2) is 78.4 Å². The smallest absolute Gasteiger partial charge is 0.335 e. The molecule has 0 aromatic heterocycles. The van der Waals surface area contributed by atoms with Crippen molar-refractivity contribution in [3.05, 3.63) is 101 Å². The van der Waals surface area contributed by atoms with Crippen LogP contribution in [0.25, 0.3) is 6.08 Å². The summed E-state index contributed by atoms with van der Waals surface area (Å²) in [6, 6.07) is 18.9. The summed E-state index contributed by atoms with van der Waals surface area (Å²) >= 11 is 0. The Morgan fingerprint density at radius 3 is 2.22 bits per heavy atom. The van der Waals surface area contributed by atoms with Gasteiger partial charge in [0.25, 0.3) is 11.8 Å². The lowest BCUT2D eigenvalue weighted by atomic mass is 10.1. The fourth-order valence-electron chi connectivity index (χ4n) is 3.16. The molecule has 4 amide bonds. The van der Waals surface area contributed by atoms with Gasteiger partial charge >= 0.3 is 6.03 Å². The van der Waals surface area contributed by atoms with E-state index in [1.807, 2.05) is 6.92 Å². The van der Waals surface area contributed by atoms with Crippen molar-refractivity contribution in [3.63, 3.8) is 0 Å². The summed E-state index contributed by atoms with van der Waals surface area (Å²) in [5.41, 5.74) is 2.62. The highest BCUT2D eigenvalue weighted by Crippen LogP contribution is 2.23. The van der Waals surface area contributed by atoms with Gasteiger partial charge in [0.2, 0.25) is 0 Å². The highest BCUT2D eigenvalue weighted by atomic mass is 19.1. The predicted molar refractivity (Wildman–Crippen MR) is 117 cm³/mol. The molecular formula is C25H19FN2O4. The quantitative estimate of drug-likeness (QED) is 0.482. The molecule has 0 spiro atoms. The van der Waals surface area contributed by atoms with Crippen molar-refractivity contribution >= 4 is 29.6 Å². The third-order valence-corrected chi connectivity index (χ3v) is 4.90. The zero-order valence-electron chi connectivity index (χ0n) is 17.2. The van der Waals surface area contributed by atoms with Crippen LogP contribution in [0.1, 0.15) is 16.7 Å². The number of nitrogens with one attached hydrogen (secondary N) is 1. The number of benzene rings is 3. The highest BCUT2D eigenvalue weighted by molar-refractivity contribution is 6.39. The highest BCUT2D eigenvalue weighted by Gasteiger charge is 2.36. The normalized spacial score (nSPS) is 15.1. The SMILES string of the molecule is Cc1ccc(N2C(=O)NC(=O)/C(=C\c3ccc(OCc4ccc(F)cc4)cc3)C2=O)cc1. The molecule has 1 aliphatic rings. The number of anilines is 1. The summed E-state index contributed by atoms with van der Waals surface area (Å²) in [6.07, 6.45) is 1.43. The minimum absolute atomic E-state index is 0.148. The molecule has 1 N–H and O–H groups in total. The van der Waals surface area contributed by atoms with Crippen molar-refractivity contribution in [2.75, 3.05) is 4.90 Å². The third kappa shape index (κ3) is 4.57. The number of aryl methyl sites for hydroxylation is 1. The van der Waals surface area contributed by atoms with Gasteiger partial charge in [-0.3, -0.25) is 14.9 Å². The molecule has 4 rings (SSSR count). The van der Waals surface area contributed by atoms with Crippen molar-refractivity contribution in [2.24, 2.45) is 0 Å². The molecule has 0 saturated carbocycles. The number of rotatable bonds is 5. The molecule has 1 heterocycles. The van der Waals surface area contributed by atoms with Gasteiger partial charge in [0.05, 0.1) is 5.69 Å². The molecule has 0 atom stereocenters. The first kappa shape index (κ1) is 21.0. The molecular weight excluding hydrogens is 411 g/mol. The van der Waals surface area contributed by atoms with Crippen LogP contribution in [0.3, 0.4) is 0 Å². The second-order valence-corrected chi connectivity index (χ2v) is 7.28. The number of barbiturate groups is 1. The molecule has 3 aromatic carbocycles. The van der Waals surface area contributed by atoms with Crippen LogP contribution in [0.5, 0.6) is 5.75 Å². The zero-order valence-corrected chi connectivity index (χ0v) is 17.2. The van der Waals surface area contributed by atoms with Crippen molar-refractivity contribution < 1.29 is 23.5 Å². The summed E-state index contributed by atoms with van der Waals surface area (Å²) in [4.78, 5) is 38.4. The molecule has 32 heavy (non-hydrogen) atoms. The van der Waals surface area contributed by atoms with E-state index in [1.54, 1.807) is 60.7 Å². The number of amides is 4. The molecule has 1 saturated heterocycles. The lowest BCUT2D eigenvalue weighted by Crippen LogP contribution is -2.54. The van der Waals surface area contributed by atoms with Gasteiger partial charge in [-0.2, -0.15) is 0 Å². The Labute approximate surface area is 183 Å². The maximum Gasteiger partial charge on any atom is 0.335 e. The second-order valence-electron chi connectivity index (χ2n) is 7.28. The van der Waals surface area contributed by atoms with Crippen LogP contribution in [0.2, 0.25) is 0 Å². The van der Waals surface area contributed by atoms with E-state index >= 15 is 0 Å². The van der Waals surface area contributed by atoms with E-state index in [0.29, 0.717) is 17.0 Å². The van der Waals surface area contributed by atoms with Crippen LogP contribution >= 0.6 is 0 Å². The standard InChI is InChI=1S/C25H19FN2O4/c1-16-2-10-20(11-3-16)28-24(30)22(23(29)27-25(28)31)14-17-6-12-21(13-7-17)32-15-18-4-8-19(26)9-5-18/h2-14H,15H2,1H3,(H,27,29,31)/b22-14+. The van der Waals surface area contributed by atoms with Gasteiger partial charge < -0.3 is 4.74 Å². The summed E-state index contributed by atoms with van der Waals surface area (Å²) in [5, 5.41) is 2.20. The molecule has 160 valence electrons. The Morgan fingerprint density at radius 2 is 1.56 bits per heavy atom.